The quantitative estimate of drug-likeness (QED) is 0.351. The Bertz CT molecular complexity index is 1450. The molecule has 8 nitrogen and oxygen atoms in total. The van der Waals surface area contributed by atoms with Crippen LogP contribution in [0.1, 0.15) is 16.7 Å². The number of carbonyl (C=O) groups is 2. The van der Waals surface area contributed by atoms with E-state index >= 15 is 0 Å². The van der Waals surface area contributed by atoms with Crippen molar-refractivity contribution in [1.29, 1.82) is 0 Å². The van der Waals surface area contributed by atoms with E-state index in [2.05, 4.69) is 15.6 Å². The number of amides is 2. The summed E-state index contributed by atoms with van der Waals surface area (Å²) in [6.07, 6.45) is 1.52. The molecule has 35 heavy (non-hydrogen) atoms. The highest BCUT2D eigenvalue weighted by Gasteiger charge is 2.34. The van der Waals surface area contributed by atoms with Crippen LogP contribution < -0.4 is 10.2 Å². The number of carbonyl (C=O) groups excluding carboxylic acids is 2. The van der Waals surface area contributed by atoms with E-state index in [-0.39, 0.29) is 18.8 Å². The highest BCUT2D eigenvalue weighted by atomic mass is 32.1. The van der Waals surface area contributed by atoms with Gasteiger partial charge in [0.25, 0.3) is 0 Å². The number of nitrogens with one attached hydrogen (secondary N) is 1. The molecular formula is C25H20FN5O3S. The summed E-state index contributed by atoms with van der Waals surface area (Å²) in [4.78, 5) is 29.2. The Balaban J connectivity index is 1.52. The zero-order valence-corrected chi connectivity index (χ0v) is 19.2. The molecule has 5 rings (SSSR count). The Labute approximate surface area is 203 Å². The third-order valence-electron chi connectivity index (χ3n) is 5.40. The fourth-order valence-electron chi connectivity index (χ4n) is 3.81. The Morgan fingerprint density at radius 1 is 1.09 bits per heavy atom. The Hall–Kier alpha value is -4.31. The summed E-state index contributed by atoms with van der Waals surface area (Å²) in [5, 5.41) is 12.9. The molecular weight excluding hydrogens is 469 g/mol. The molecule has 3 aromatic heterocycles. The number of thiophene rings is 1. The number of halogens is 1. The van der Waals surface area contributed by atoms with Crippen LogP contribution in [0.5, 0.6) is 0 Å². The fourth-order valence-corrected chi connectivity index (χ4v) is 4.62. The first-order valence-corrected chi connectivity index (χ1v) is 11.7. The summed E-state index contributed by atoms with van der Waals surface area (Å²) in [7, 11) is 0. The first-order valence-electron chi connectivity index (χ1n) is 10.8. The Morgan fingerprint density at radius 2 is 1.97 bits per heavy atom. The van der Waals surface area contributed by atoms with Gasteiger partial charge in [-0.15, -0.1) is 16.4 Å². The molecule has 0 radical (unpaired) electrons. The molecule has 10 heteroatoms. The van der Waals surface area contributed by atoms with Gasteiger partial charge < -0.3 is 9.73 Å². The van der Waals surface area contributed by atoms with Crippen LogP contribution in [0.4, 0.5) is 10.1 Å². The number of anilines is 1. The van der Waals surface area contributed by atoms with Crippen molar-refractivity contribution in [2.75, 3.05) is 4.90 Å². The SMILES string of the molecule is O=C(NCc1ccco1)C(c1cccs1)N(C(=O)Cn1nnc2ccccc21)c1cccc(F)c1. The summed E-state index contributed by atoms with van der Waals surface area (Å²) in [5.41, 5.74) is 1.57. The highest BCUT2D eigenvalue weighted by molar-refractivity contribution is 7.10. The zero-order chi connectivity index (χ0) is 24.2. The van der Waals surface area contributed by atoms with E-state index in [1.165, 1.54) is 45.4 Å². The van der Waals surface area contributed by atoms with Gasteiger partial charge in [-0.1, -0.05) is 29.5 Å². The second-order valence-electron chi connectivity index (χ2n) is 7.69. The smallest absolute Gasteiger partial charge is 0.249 e. The number of nitrogens with zero attached hydrogens (tertiary/aromatic N) is 4. The number of benzene rings is 2. The van der Waals surface area contributed by atoms with Crippen molar-refractivity contribution in [3.05, 3.63) is 101 Å². The number of fused-ring (bicyclic) bond motifs is 1. The lowest BCUT2D eigenvalue weighted by atomic mass is 10.1. The molecule has 176 valence electrons. The van der Waals surface area contributed by atoms with Crippen molar-refractivity contribution >= 4 is 39.9 Å². The lowest BCUT2D eigenvalue weighted by molar-refractivity contribution is -0.127. The second-order valence-corrected chi connectivity index (χ2v) is 8.67. The van der Waals surface area contributed by atoms with E-state index in [1.54, 1.807) is 36.4 Å². The number of furan rings is 1. The van der Waals surface area contributed by atoms with Gasteiger partial charge >= 0.3 is 0 Å². The molecule has 0 spiro atoms. The van der Waals surface area contributed by atoms with E-state index in [0.29, 0.717) is 21.7 Å². The fraction of sp³-hybridized carbons (Fsp3) is 0.120. The predicted octanol–water partition coefficient (Wildman–Crippen LogP) is 4.32. The predicted molar refractivity (Wildman–Crippen MR) is 129 cm³/mol. The monoisotopic (exact) mass is 489 g/mol. The van der Waals surface area contributed by atoms with Gasteiger partial charge in [-0.05, 0) is 53.9 Å². The van der Waals surface area contributed by atoms with Crippen LogP contribution >= 0.6 is 11.3 Å². The van der Waals surface area contributed by atoms with Crippen molar-refractivity contribution in [2.45, 2.75) is 19.1 Å². The molecule has 3 heterocycles. The molecule has 1 unspecified atom stereocenters. The van der Waals surface area contributed by atoms with E-state index in [9.17, 15) is 14.0 Å². The topological polar surface area (TPSA) is 93.3 Å². The summed E-state index contributed by atoms with van der Waals surface area (Å²) < 4.78 is 21.0. The lowest BCUT2D eigenvalue weighted by Gasteiger charge is -2.30. The lowest BCUT2D eigenvalue weighted by Crippen LogP contribution is -2.45. The summed E-state index contributed by atoms with van der Waals surface area (Å²) in [6, 6.07) is 18.9. The minimum Gasteiger partial charge on any atom is -0.467 e. The maximum Gasteiger partial charge on any atom is 0.249 e. The molecule has 5 aromatic rings. The highest BCUT2D eigenvalue weighted by Crippen LogP contribution is 2.31. The minimum absolute atomic E-state index is 0.145. The summed E-state index contributed by atoms with van der Waals surface area (Å²) in [5.74, 6) is -0.823. The van der Waals surface area contributed by atoms with Crippen molar-refractivity contribution in [3.8, 4) is 0 Å². The van der Waals surface area contributed by atoms with E-state index in [4.69, 9.17) is 4.42 Å². The number of hydrogen-bond acceptors (Lipinski definition) is 6. The van der Waals surface area contributed by atoms with E-state index in [0.717, 1.165) is 0 Å². The van der Waals surface area contributed by atoms with Crippen LogP contribution in [0.2, 0.25) is 0 Å². The standard InChI is InChI=1S/C25H20FN5O3S/c26-17-6-3-7-18(14-17)31(23(32)16-30-21-10-2-1-9-20(21)28-29-30)24(22-11-5-13-35-22)25(33)27-15-19-8-4-12-34-19/h1-14,24H,15-16H2,(H,27,33). The van der Waals surface area contributed by atoms with Crippen molar-refractivity contribution in [2.24, 2.45) is 0 Å². The first kappa shape index (κ1) is 22.5. The third kappa shape index (κ3) is 4.82. The van der Waals surface area contributed by atoms with Gasteiger partial charge in [0.2, 0.25) is 11.8 Å². The van der Waals surface area contributed by atoms with Gasteiger partial charge in [-0.3, -0.25) is 14.5 Å². The largest absolute Gasteiger partial charge is 0.467 e. The number of rotatable bonds is 8. The number of para-hydroxylation sites is 1. The Morgan fingerprint density at radius 3 is 2.74 bits per heavy atom. The molecule has 2 aromatic carbocycles. The summed E-state index contributed by atoms with van der Waals surface area (Å²) in [6.45, 7) is -0.0447. The minimum atomic E-state index is -1.03. The Kier molecular flexibility index (Phi) is 6.36. The van der Waals surface area contributed by atoms with Gasteiger partial charge in [-0.25, -0.2) is 9.07 Å². The van der Waals surface area contributed by atoms with Crippen LogP contribution in [0, 0.1) is 5.82 Å². The molecule has 1 atom stereocenters. The molecule has 0 fully saturated rings. The molecule has 0 saturated heterocycles. The van der Waals surface area contributed by atoms with Gasteiger partial charge in [0.1, 0.15) is 29.7 Å². The van der Waals surface area contributed by atoms with Gasteiger partial charge in [-0.2, -0.15) is 0 Å². The maximum absolute atomic E-state index is 14.2. The molecule has 2 amide bonds. The maximum atomic E-state index is 14.2. The van der Waals surface area contributed by atoms with E-state index in [1.807, 2.05) is 23.6 Å². The second kappa shape index (κ2) is 9.90. The third-order valence-corrected chi connectivity index (χ3v) is 6.32. The average molecular weight is 490 g/mol. The van der Waals surface area contributed by atoms with Gasteiger partial charge in [0.15, 0.2) is 0 Å². The molecule has 1 N–H and O–H groups in total. The van der Waals surface area contributed by atoms with Gasteiger partial charge in [0, 0.05) is 10.6 Å². The number of hydrogen-bond donors (Lipinski definition) is 1. The molecule has 0 bridgehead atoms. The number of aromatic nitrogens is 3. The molecule has 0 saturated carbocycles. The van der Waals surface area contributed by atoms with Crippen LogP contribution in [-0.4, -0.2) is 26.8 Å². The van der Waals surface area contributed by atoms with Crippen molar-refractivity contribution in [3.63, 3.8) is 0 Å². The van der Waals surface area contributed by atoms with Gasteiger partial charge in [0.05, 0.1) is 18.3 Å². The van der Waals surface area contributed by atoms with Crippen LogP contribution in [0.15, 0.2) is 88.9 Å². The first-order chi connectivity index (χ1) is 17.1. The summed E-state index contributed by atoms with van der Waals surface area (Å²) >= 11 is 1.33. The van der Waals surface area contributed by atoms with Crippen LogP contribution in [-0.2, 0) is 22.7 Å². The molecule has 0 aliphatic heterocycles. The van der Waals surface area contributed by atoms with Crippen molar-refractivity contribution in [1.82, 2.24) is 20.3 Å². The molecule has 0 aliphatic rings. The van der Waals surface area contributed by atoms with Crippen LogP contribution in [0.25, 0.3) is 11.0 Å². The molecule has 0 aliphatic carbocycles. The average Bonchev–Trinajstić information content (AvgIpc) is 3.64. The normalized spacial score (nSPS) is 11.9. The van der Waals surface area contributed by atoms with Crippen molar-refractivity contribution < 1.29 is 18.4 Å². The zero-order valence-electron chi connectivity index (χ0n) is 18.4. The van der Waals surface area contributed by atoms with E-state index < -0.39 is 23.7 Å². The van der Waals surface area contributed by atoms with Crippen LogP contribution in [0.3, 0.4) is 0 Å².